The Morgan fingerprint density at radius 3 is 2.07 bits per heavy atom. The van der Waals surface area contributed by atoms with E-state index in [1.165, 1.54) is 35.4 Å². The summed E-state index contributed by atoms with van der Waals surface area (Å²) in [5.74, 6) is -0.390. The highest BCUT2D eigenvalue weighted by molar-refractivity contribution is 5.97. The minimum Gasteiger partial charge on any atom is -0.384 e. The molecule has 0 fully saturated rings. The van der Waals surface area contributed by atoms with Crippen molar-refractivity contribution in [2.24, 2.45) is 10.9 Å². The molecule has 3 aromatic rings. The van der Waals surface area contributed by atoms with E-state index in [4.69, 9.17) is 10.6 Å². The van der Waals surface area contributed by atoms with E-state index in [0.29, 0.717) is 12.1 Å². The fourth-order valence-electron chi connectivity index (χ4n) is 3.14. The van der Waals surface area contributed by atoms with Crippen LogP contribution in [0.1, 0.15) is 29.0 Å². The van der Waals surface area contributed by atoms with Gasteiger partial charge in [-0.3, -0.25) is 4.79 Å². The van der Waals surface area contributed by atoms with Crippen molar-refractivity contribution in [2.75, 3.05) is 13.2 Å². The van der Waals surface area contributed by atoms with Crippen molar-refractivity contribution in [3.63, 3.8) is 0 Å². The summed E-state index contributed by atoms with van der Waals surface area (Å²) in [7, 11) is 0. The number of nitrogens with zero attached hydrogens (tertiary/aromatic N) is 1. The highest BCUT2D eigenvalue weighted by Crippen LogP contribution is 2.27. The number of carbonyl (C=O) groups excluding carboxylic acids is 1. The van der Waals surface area contributed by atoms with Gasteiger partial charge in [0.15, 0.2) is 12.4 Å². The van der Waals surface area contributed by atoms with Crippen LogP contribution in [-0.4, -0.2) is 24.9 Å². The van der Waals surface area contributed by atoms with Crippen LogP contribution in [0, 0.1) is 5.82 Å². The van der Waals surface area contributed by atoms with E-state index < -0.39 is 0 Å². The summed E-state index contributed by atoms with van der Waals surface area (Å²) < 4.78 is 12.9. The van der Waals surface area contributed by atoms with E-state index in [2.05, 4.69) is 34.7 Å². The molecule has 0 spiro atoms. The van der Waals surface area contributed by atoms with Crippen LogP contribution in [-0.2, 0) is 9.63 Å². The predicted molar refractivity (Wildman–Crippen MR) is 115 cm³/mol. The minimum absolute atomic E-state index is 0.0796. The van der Waals surface area contributed by atoms with Crippen molar-refractivity contribution in [3.05, 3.63) is 107 Å². The zero-order valence-electron chi connectivity index (χ0n) is 16.5. The molecule has 0 atom stereocenters. The molecule has 1 amide bonds. The van der Waals surface area contributed by atoms with Gasteiger partial charge in [-0.1, -0.05) is 65.8 Å². The quantitative estimate of drug-likeness (QED) is 0.323. The Hall–Kier alpha value is -3.67. The molecule has 0 aliphatic rings. The van der Waals surface area contributed by atoms with E-state index in [1.54, 1.807) is 0 Å². The highest BCUT2D eigenvalue weighted by atomic mass is 19.1. The van der Waals surface area contributed by atoms with Crippen LogP contribution in [0.3, 0.4) is 0 Å². The van der Waals surface area contributed by atoms with Crippen molar-refractivity contribution in [1.82, 2.24) is 5.32 Å². The number of benzene rings is 3. The van der Waals surface area contributed by atoms with Gasteiger partial charge in [-0.05, 0) is 41.8 Å². The number of amides is 1. The van der Waals surface area contributed by atoms with E-state index >= 15 is 0 Å². The topological polar surface area (TPSA) is 76.7 Å². The summed E-state index contributed by atoms with van der Waals surface area (Å²) in [6.07, 6.45) is 0.751. The van der Waals surface area contributed by atoms with Gasteiger partial charge in [0.25, 0.3) is 5.91 Å². The van der Waals surface area contributed by atoms with Crippen LogP contribution in [0.25, 0.3) is 0 Å². The fourth-order valence-corrected chi connectivity index (χ4v) is 3.14. The summed E-state index contributed by atoms with van der Waals surface area (Å²) in [5, 5.41) is 6.56. The highest BCUT2D eigenvalue weighted by Gasteiger charge is 2.14. The Balaban J connectivity index is 1.49. The molecule has 0 aromatic heterocycles. The van der Waals surface area contributed by atoms with Crippen LogP contribution in [0.2, 0.25) is 0 Å². The number of nitrogens with two attached hydrogens (primary N) is 1. The van der Waals surface area contributed by atoms with Gasteiger partial charge in [0, 0.05) is 18.0 Å². The molecule has 6 heteroatoms. The van der Waals surface area contributed by atoms with Crippen molar-refractivity contribution in [1.29, 1.82) is 0 Å². The Labute approximate surface area is 175 Å². The summed E-state index contributed by atoms with van der Waals surface area (Å²) in [4.78, 5) is 17.1. The second-order valence-electron chi connectivity index (χ2n) is 6.77. The number of carbonyl (C=O) groups is 1. The molecule has 0 heterocycles. The average Bonchev–Trinajstić information content (AvgIpc) is 2.78. The first-order chi connectivity index (χ1) is 14.6. The maximum atomic E-state index is 12.9. The van der Waals surface area contributed by atoms with Crippen molar-refractivity contribution >= 4 is 11.7 Å². The van der Waals surface area contributed by atoms with Crippen LogP contribution >= 0.6 is 0 Å². The lowest BCUT2D eigenvalue weighted by Crippen LogP contribution is -2.29. The number of amidine groups is 1. The SMILES string of the molecule is N/C(=N\OCC(=O)NCCC(c1ccccc1)c1ccccc1)c1ccc(F)cc1. The van der Waals surface area contributed by atoms with Gasteiger partial charge in [0.2, 0.25) is 0 Å². The van der Waals surface area contributed by atoms with Crippen molar-refractivity contribution in [2.45, 2.75) is 12.3 Å². The summed E-state index contributed by atoms with van der Waals surface area (Å²) in [5.41, 5.74) is 8.69. The summed E-state index contributed by atoms with van der Waals surface area (Å²) in [6, 6.07) is 25.9. The third kappa shape index (κ3) is 6.17. The Morgan fingerprint density at radius 1 is 0.933 bits per heavy atom. The van der Waals surface area contributed by atoms with Gasteiger partial charge in [-0.2, -0.15) is 0 Å². The van der Waals surface area contributed by atoms with Crippen LogP contribution in [0.15, 0.2) is 90.1 Å². The van der Waals surface area contributed by atoms with Gasteiger partial charge < -0.3 is 15.9 Å². The van der Waals surface area contributed by atoms with Crippen LogP contribution in [0.4, 0.5) is 4.39 Å². The molecule has 3 rings (SSSR count). The van der Waals surface area contributed by atoms with Gasteiger partial charge in [0.05, 0.1) is 0 Å². The number of oxime groups is 1. The monoisotopic (exact) mass is 405 g/mol. The Bertz CT molecular complexity index is 921. The van der Waals surface area contributed by atoms with Gasteiger partial charge in [0.1, 0.15) is 5.82 Å². The molecule has 0 aliphatic carbocycles. The minimum atomic E-state index is -0.365. The van der Waals surface area contributed by atoms with Gasteiger partial charge in [-0.15, -0.1) is 0 Å². The van der Waals surface area contributed by atoms with E-state index in [9.17, 15) is 9.18 Å². The summed E-state index contributed by atoms with van der Waals surface area (Å²) in [6.45, 7) is 0.247. The molecule has 0 radical (unpaired) electrons. The molecule has 30 heavy (non-hydrogen) atoms. The lowest BCUT2D eigenvalue weighted by molar-refractivity contribution is -0.125. The number of rotatable bonds is 9. The smallest absolute Gasteiger partial charge is 0.260 e. The summed E-state index contributed by atoms with van der Waals surface area (Å²) >= 11 is 0. The fraction of sp³-hybridized carbons (Fsp3) is 0.167. The molecule has 0 bridgehead atoms. The zero-order valence-corrected chi connectivity index (χ0v) is 16.5. The first kappa shape index (κ1) is 21.0. The molecule has 3 N–H and O–H groups in total. The Morgan fingerprint density at radius 2 is 1.50 bits per heavy atom. The van der Waals surface area contributed by atoms with Crippen molar-refractivity contribution in [3.8, 4) is 0 Å². The van der Waals surface area contributed by atoms with Crippen LogP contribution in [0.5, 0.6) is 0 Å². The van der Waals surface area contributed by atoms with Crippen LogP contribution < -0.4 is 11.1 Å². The normalized spacial score (nSPS) is 11.3. The largest absolute Gasteiger partial charge is 0.384 e. The molecule has 5 nitrogen and oxygen atoms in total. The number of nitrogens with one attached hydrogen (secondary N) is 1. The number of halogens is 1. The molecular weight excluding hydrogens is 381 g/mol. The third-order valence-electron chi connectivity index (χ3n) is 4.66. The van der Waals surface area contributed by atoms with E-state index in [-0.39, 0.29) is 30.1 Å². The average molecular weight is 405 g/mol. The van der Waals surface area contributed by atoms with E-state index in [1.807, 2.05) is 36.4 Å². The maximum Gasteiger partial charge on any atom is 0.260 e. The maximum absolute atomic E-state index is 12.9. The number of hydrogen-bond acceptors (Lipinski definition) is 3. The molecule has 0 saturated carbocycles. The Kier molecular flexibility index (Phi) is 7.55. The molecule has 0 aliphatic heterocycles. The lowest BCUT2D eigenvalue weighted by atomic mass is 9.88. The standard InChI is InChI=1S/C24H24FN3O2/c25-21-13-11-20(12-14-21)24(26)28-30-17-23(29)27-16-15-22(18-7-3-1-4-8-18)19-9-5-2-6-10-19/h1-14,22H,15-17H2,(H2,26,28)(H,27,29). The molecule has 0 saturated heterocycles. The molecule has 154 valence electrons. The van der Waals surface area contributed by atoms with Gasteiger partial charge >= 0.3 is 0 Å². The second kappa shape index (κ2) is 10.8. The van der Waals surface area contributed by atoms with Gasteiger partial charge in [-0.25, -0.2) is 4.39 Å². The zero-order chi connectivity index (χ0) is 21.2. The number of hydrogen-bond donors (Lipinski definition) is 2. The third-order valence-corrected chi connectivity index (χ3v) is 4.66. The molecular formula is C24H24FN3O2. The first-order valence-electron chi connectivity index (χ1n) is 9.71. The lowest BCUT2D eigenvalue weighted by Gasteiger charge is -2.18. The molecule has 3 aromatic carbocycles. The predicted octanol–water partition coefficient (Wildman–Crippen LogP) is 3.80. The first-order valence-corrected chi connectivity index (χ1v) is 9.71. The van der Waals surface area contributed by atoms with Crippen molar-refractivity contribution < 1.29 is 14.0 Å². The molecule has 0 unspecified atom stereocenters. The second-order valence-corrected chi connectivity index (χ2v) is 6.77. The van der Waals surface area contributed by atoms with E-state index in [0.717, 1.165) is 6.42 Å².